The summed E-state index contributed by atoms with van der Waals surface area (Å²) >= 11 is 4.90. The van der Waals surface area contributed by atoms with Gasteiger partial charge in [0.1, 0.15) is 0 Å². The van der Waals surface area contributed by atoms with E-state index in [0.717, 1.165) is 20.3 Å². The van der Waals surface area contributed by atoms with Gasteiger partial charge in [-0.1, -0.05) is 33.3 Å². The van der Waals surface area contributed by atoms with E-state index in [-0.39, 0.29) is 17.3 Å². The maximum absolute atomic E-state index is 13.6. The van der Waals surface area contributed by atoms with Crippen molar-refractivity contribution in [2.45, 2.75) is 11.4 Å². The normalized spacial score (nSPS) is 14.8. The Bertz CT molecular complexity index is 1450. The van der Waals surface area contributed by atoms with Crippen molar-refractivity contribution in [3.05, 3.63) is 82.6 Å². The third-order valence-corrected chi connectivity index (χ3v) is 9.04. The Kier molecular flexibility index (Phi) is 6.94. The highest BCUT2D eigenvalue weighted by Crippen LogP contribution is 2.32. The van der Waals surface area contributed by atoms with Crippen LogP contribution < -0.4 is 4.90 Å². The van der Waals surface area contributed by atoms with Gasteiger partial charge in [0.2, 0.25) is 10.0 Å². The molecule has 35 heavy (non-hydrogen) atoms. The lowest BCUT2D eigenvalue weighted by atomic mass is 10.2. The van der Waals surface area contributed by atoms with Crippen molar-refractivity contribution in [3.63, 3.8) is 0 Å². The number of amides is 1. The molecule has 11 heteroatoms. The third-order valence-electron chi connectivity index (χ3n) is 5.59. The molecule has 5 rings (SSSR count). The molecular weight excluding hydrogens is 552 g/mol. The molecule has 180 valence electrons. The van der Waals surface area contributed by atoms with Crippen LogP contribution in [-0.4, -0.2) is 54.9 Å². The van der Waals surface area contributed by atoms with Gasteiger partial charge in [0.25, 0.3) is 5.91 Å². The number of hydrogen-bond acceptors (Lipinski definition) is 7. The van der Waals surface area contributed by atoms with Gasteiger partial charge in [-0.2, -0.15) is 4.31 Å². The topological polar surface area (TPSA) is 92.7 Å². The second-order valence-electron chi connectivity index (χ2n) is 7.90. The number of fused-ring (bicyclic) bond motifs is 1. The summed E-state index contributed by atoms with van der Waals surface area (Å²) in [4.78, 5) is 24.2. The van der Waals surface area contributed by atoms with Crippen LogP contribution in [0.15, 0.2) is 76.4 Å². The standard InChI is InChI=1S/C24H21BrN4O4S2/c25-19-5-8-21-22(14-19)34-24(27-21)29(16-17-2-1-9-26-15-17)23(30)18-3-6-20(7-4-18)35(31,32)28-10-12-33-13-11-28/h1-9,14-15H,10-13,16H2. The van der Waals surface area contributed by atoms with Crippen LogP contribution in [0.25, 0.3) is 10.2 Å². The minimum atomic E-state index is -3.64. The molecule has 0 saturated carbocycles. The van der Waals surface area contributed by atoms with E-state index in [2.05, 4.69) is 25.9 Å². The molecule has 4 aromatic rings. The summed E-state index contributed by atoms with van der Waals surface area (Å²) in [5.41, 5.74) is 2.02. The molecule has 0 atom stereocenters. The molecule has 1 amide bonds. The number of pyridine rings is 1. The Morgan fingerprint density at radius 2 is 1.89 bits per heavy atom. The molecule has 2 aromatic heterocycles. The number of morpholine rings is 1. The van der Waals surface area contributed by atoms with Crippen molar-refractivity contribution in [2.24, 2.45) is 0 Å². The first kappa shape index (κ1) is 24.0. The number of nitrogens with zero attached hydrogens (tertiary/aromatic N) is 4. The Hall–Kier alpha value is -2.70. The first-order chi connectivity index (χ1) is 16.9. The number of halogens is 1. The van der Waals surface area contributed by atoms with Crippen LogP contribution in [0.1, 0.15) is 15.9 Å². The first-order valence-corrected chi connectivity index (χ1v) is 13.9. The zero-order valence-corrected chi connectivity index (χ0v) is 21.7. The molecular formula is C24H21BrN4O4S2. The van der Waals surface area contributed by atoms with Crippen molar-refractivity contribution in [2.75, 3.05) is 31.2 Å². The number of sulfonamides is 1. The van der Waals surface area contributed by atoms with Crippen LogP contribution >= 0.6 is 27.3 Å². The fourth-order valence-electron chi connectivity index (χ4n) is 3.76. The van der Waals surface area contributed by atoms with Crippen LogP contribution in [-0.2, 0) is 21.3 Å². The predicted octanol–water partition coefficient (Wildman–Crippen LogP) is 4.32. The number of aromatic nitrogens is 2. The third kappa shape index (κ3) is 5.14. The van der Waals surface area contributed by atoms with Crippen molar-refractivity contribution in [3.8, 4) is 0 Å². The summed E-state index contributed by atoms with van der Waals surface area (Å²) < 4.78 is 34.4. The monoisotopic (exact) mass is 572 g/mol. The fourth-order valence-corrected chi connectivity index (χ4v) is 6.69. The molecule has 0 N–H and O–H groups in total. The highest BCUT2D eigenvalue weighted by atomic mass is 79.9. The van der Waals surface area contributed by atoms with Crippen LogP contribution in [0.4, 0.5) is 5.13 Å². The lowest BCUT2D eigenvalue weighted by molar-refractivity contribution is 0.0730. The summed E-state index contributed by atoms with van der Waals surface area (Å²) in [5, 5.41) is 0.553. The van der Waals surface area contributed by atoms with Gasteiger partial charge < -0.3 is 4.74 Å². The largest absolute Gasteiger partial charge is 0.379 e. The molecule has 1 saturated heterocycles. The summed E-state index contributed by atoms with van der Waals surface area (Å²) in [6.07, 6.45) is 3.39. The quantitative estimate of drug-likeness (QED) is 0.341. The van der Waals surface area contributed by atoms with Crippen molar-refractivity contribution >= 4 is 58.5 Å². The van der Waals surface area contributed by atoms with Gasteiger partial charge >= 0.3 is 0 Å². The van der Waals surface area contributed by atoms with Gasteiger partial charge in [-0.05, 0) is 54.1 Å². The summed E-state index contributed by atoms with van der Waals surface area (Å²) in [6, 6.07) is 15.6. The Morgan fingerprint density at radius 3 is 2.60 bits per heavy atom. The van der Waals surface area contributed by atoms with Crippen LogP contribution in [0, 0.1) is 0 Å². The van der Waals surface area contributed by atoms with Crippen molar-refractivity contribution < 1.29 is 17.9 Å². The van der Waals surface area contributed by atoms with Gasteiger partial charge in [-0.25, -0.2) is 13.4 Å². The molecule has 0 unspecified atom stereocenters. The van der Waals surface area contributed by atoms with Crippen LogP contribution in [0.5, 0.6) is 0 Å². The molecule has 1 aliphatic rings. The van der Waals surface area contributed by atoms with E-state index in [4.69, 9.17) is 4.74 Å². The lowest BCUT2D eigenvalue weighted by Gasteiger charge is -2.26. The maximum atomic E-state index is 13.6. The van der Waals surface area contributed by atoms with E-state index in [1.165, 1.54) is 27.8 Å². The number of hydrogen-bond donors (Lipinski definition) is 0. The number of carbonyl (C=O) groups is 1. The second kappa shape index (κ2) is 10.1. The summed E-state index contributed by atoms with van der Waals surface area (Å²) in [5.74, 6) is -0.276. The van der Waals surface area contributed by atoms with Crippen molar-refractivity contribution in [1.82, 2.24) is 14.3 Å². The van der Waals surface area contributed by atoms with E-state index >= 15 is 0 Å². The number of anilines is 1. The van der Waals surface area contributed by atoms with Crippen LogP contribution in [0.3, 0.4) is 0 Å². The molecule has 2 aromatic carbocycles. The van der Waals surface area contributed by atoms with E-state index in [1.807, 2.05) is 30.3 Å². The Balaban J connectivity index is 1.47. The summed E-state index contributed by atoms with van der Waals surface area (Å²) in [7, 11) is -3.64. The van der Waals surface area contributed by atoms with Gasteiger partial charge in [-0.3, -0.25) is 14.7 Å². The zero-order chi connectivity index (χ0) is 24.4. The van der Waals surface area contributed by atoms with E-state index in [0.29, 0.717) is 37.0 Å². The van der Waals surface area contributed by atoms with E-state index in [9.17, 15) is 13.2 Å². The Morgan fingerprint density at radius 1 is 1.11 bits per heavy atom. The second-order valence-corrected chi connectivity index (χ2v) is 11.8. The van der Waals surface area contributed by atoms with Gasteiger partial charge in [-0.15, -0.1) is 0 Å². The van der Waals surface area contributed by atoms with Crippen LogP contribution in [0.2, 0.25) is 0 Å². The molecule has 0 spiro atoms. The number of rotatable bonds is 6. The van der Waals surface area contributed by atoms with E-state index in [1.54, 1.807) is 29.4 Å². The van der Waals surface area contributed by atoms with Gasteiger partial charge in [0.05, 0.1) is 34.9 Å². The van der Waals surface area contributed by atoms with Crippen molar-refractivity contribution in [1.29, 1.82) is 0 Å². The smallest absolute Gasteiger partial charge is 0.260 e. The molecule has 1 aliphatic heterocycles. The molecule has 3 heterocycles. The average molecular weight is 573 g/mol. The number of benzene rings is 2. The molecule has 0 bridgehead atoms. The first-order valence-electron chi connectivity index (χ1n) is 10.9. The lowest BCUT2D eigenvalue weighted by Crippen LogP contribution is -2.40. The molecule has 0 radical (unpaired) electrons. The van der Waals surface area contributed by atoms with E-state index < -0.39 is 10.0 Å². The minimum Gasteiger partial charge on any atom is -0.379 e. The number of carbonyl (C=O) groups excluding carboxylic acids is 1. The zero-order valence-electron chi connectivity index (χ0n) is 18.5. The number of ether oxygens (including phenoxy) is 1. The summed E-state index contributed by atoms with van der Waals surface area (Å²) in [6.45, 7) is 1.66. The van der Waals surface area contributed by atoms with Gasteiger partial charge in [0, 0.05) is 35.5 Å². The number of thiazole rings is 1. The molecule has 0 aliphatic carbocycles. The highest BCUT2D eigenvalue weighted by Gasteiger charge is 2.27. The minimum absolute atomic E-state index is 0.152. The average Bonchev–Trinajstić information content (AvgIpc) is 3.31. The molecule has 1 fully saturated rings. The SMILES string of the molecule is O=C(c1ccc(S(=O)(=O)N2CCOCC2)cc1)N(Cc1cccnc1)c1nc2ccc(Br)cc2s1. The highest BCUT2D eigenvalue weighted by molar-refractivity contribution is 9.10. The Labute approximate surface area is 215 Å². The fraction of sp³-hybridized carbons (Fsp3) is 0.208. The molecule has 8 nitrogen and oxygen atoms in total. The maximum Gasteiger partial charge on any atom is 0.260 e. The predicted molar refractivity (Wildman–Crippen MR) is 138 cm³/mol. The van der Waals surface area contributed by atoms with Gasteiger partial charge in [0.15, 0.2) is 5.13 Å².